The second-order valence-corrected chi connectivity index (χ2v) is 6.03. The Labute approximate surface area is 159 Å². The summed E-state index contributed by atoms with van der Waals surface area (Å²) in [5, 5.41) is 5.65. The number of carbonyl (C=O) groups excluding carboxylic acids is 1. The second-order valence-electron chi connectivity index (χ2n) is 6.03. The van der Waals surface area contributed by atoms with Crippen LogP contribution in [0.5, 0.6) is 11.5 Å². The lowest BCUT2D eigenvalue weighted by atomic mass is 10.2. The number of rotatable bonds is 4. The molecule has 0 bridgehead atoms. The van der Waals surface area contributed by atoms with Crippen molar-refractivity contribution >= 4 is 23.0 Å². The maximum Gasteiger partial charge on any atom is 0.257 e. The maximum absolute atomic E-state index is 13.3. The van der Waals surface area contributed by atoms with E-state index in [2.05, 4.69) is 15.6 Å². The van der Waals surface area contributed by atoms with Crippen molar-refractivity contribution in [2.45, 2.75) is 0 Å². The minimum atomic E-state index is -1.04. The highest BCUT2D eigenvalue weighted by atomic mass is 19.2. The first-order valence-electron chi connectivity index (χ1n) is 8.46. The number of aromatic nitrogens is 1. The van der Waals surface area contributed by atoms with Gasteiger partial charge in [-0.15, -0.1) is 0 Å². The van der Waals surface area contributed by atoms with Crippen LogP contribution in [0.15, 0.2) is 54.9 Å². The van der Waals surface area contributed by atoms with Crippen molar-refractivity contribution in [2.75, 3.05) is 23.8 Å². The highest BCUT2D eigenvalue weighted by molar-refractivity contribution is 6.04. The van der Waals surface area contributed by atoms with Gasteiger partial charge in [0.2, 0.25) is 0 Å². The largest absolute Gasteiger partial charge is 0.486 e. The molecule has 2 heterocycles. The van der Waals surface area contributed by atoms with E-state index in [0.29, 0.717) is 30.4 Å². The molecule has 1 amide bonds. The maximum atomic E-state index is 13.3. The number of nitrogens with one attached hydrogen (secondary N) is 2. The smallest absolute Gasteiger partial charge is 0.257 e. The molecule has 1 aliphatic rings. The van der Waals surface area contributed by atoms with E-state index in [-0.39, 0.29) is 11.3 Å². The van der Waals surface area contributed by atoms with Crippen molar-refractivity contribution in [1.29, 1.82) is 0 Å². The normalized spacial score (nSPS) is 12.4. The molecule has 3 aromatic rings. The van der Waals surface area contributed by atoms with Crippen molar-refractivity contribution < 1.29 is 23.0 Å². The highest BCUT2D eigenvalue weighted by Gasteiger charge is 2.13. The number of pyridine rings is 1. The second kappa shape index (κ2) is 7.51. The molecule has 0 radical (unpaired) electrons. The molecule has 2 N–H and O–H groups in total. The Balaban J connectivity index is 1.49. The fourth-order valence-electron chi connectivity index (χ4n) is 2.70. The Morgan fingerprint density at radius 3 is 2.46 bits per heavy atom. The van der Waals surface area contributed by atoms with Gasteiger partial charge in [-0.25, -0.2) is 8.78 Å². The average molecular weight is 383 g/mol. The van der Waals surface area contributed by atoms with Crippen LogP contribution in [0.2, 0.25) is 0 Å². The van der Waals surface area contributed by atoms with E-state index in [1.54, 1.807) is 24.4 Å². The van der Waals surface area contributed by atoms with Crippen LogP contribution in [0.4, 0.5) is 25.8 Å². The van der Waals surface area contributed by atoms with Gasteiger partial charge in [0.15, 0.2) is 23.1 Å². The summed E-state index contributed by atoms with van der Waals surface area (Å²) in [6, 6.07) is 10.1. The van der Waals surface area contributed by atoms with Crippen molar-refractivity contribution in [3.05, 3.63) is 72.1 Å². The monoisotopic (exact) mass is 383 g/mol. The van der Waals surface area contributed by atoms with E-state index in [9.17, 15) is 13.6 Å². The summed E-state index contributed by atoms with van der Waals surface area (Å²) < 4.78 is 37.3. The van der Waals surface area contributed by atoms with Crippen LogP contribution in [0.25, 0.3) is 0 Å². The van der Waals surface area contributed by atoms with Crippen LogP contribution in [0.3, 0.4) is 0 Å². The lowest BCUT2D eigenvalue weighted by Gasteiger charge is -2.19. The number of fused-ring (bicyclic) bond motifs is 1. The number of anilines is 3. The van der Waals surface area contributed by atoms with Crippen molar-refractivity contribution in [3.8, 4) is 11.5 Å². The Morgan fingerprint density at radius 2 is 1.64 bits per heavy atom. The number of halogens is 2. The van der Waals surface area contributed by atoms with Crippen LogP contribution in [0.1, 0.15) is 10.4 Å². The third kappa shape index (κ3) is 3.85. The molecule has 0 saturated heterocycles. The van der Waals surface area contributed by atoms with Gasteiger partial charge in [-0.2, -0.15) is 0 Å². The van der Waals surface area contributed by atoms with E-state index in [1.807, 2.05) is 6.07 Å². The van der Waals surface area contributed by atoms with Gasteiger partial charge < -0.3 is 20.1 Å². The molecule has 4 rings (SSSR count). The number of nitrogens with zero attached hydrogens (tertiary/aromatic N) is 1. The number of ether oxygens (including phenoxy) is 2. The molecule has 0 atom stereocenters. The van der Waals surface area contributed by atoms with Gasteiger partial charge in [-0.1, -0.05) is 0 Å². The quantitative estimate of drug-likeness (QED) is 0.709. The summed E-state index contributed by atoms with van der Waals surface area (Å²) in [5.41, 5.74) is 1.72. The minimum Gasteiger partial charge on any atom is -0.486 e. The molecule has 0 saturated carbocycles. The van der Waals surface area contributed by atoms with E-state index < -0.39 is 17.5 Å². The van der Waals surface area contributed by atoms with Gasteiger partial charge >= 0.3 is 0 Å². The Kier molecular flexibility index (Phi) is 4.76. The molecule has 28 heavy (non-hydrogen) atoms. The Morgan fingerprint density at radius 1 is 0.857 bits per heavy atom. The number of hydrogen-bond acceptors (Lipinski definition) is 5. The number of benzene rings is 2. The average Bonchev–Trinajstić information content (AvgIpc) is 2.71. The molecule has 2 aromatic carbocycles. The van der Waals surface area contributed by atoms with Gasteiger partial charge in [0, 0.05) is 29.7 Å². The van der Waals surface area contributed by atoms with Gasteiger partial charge in [-0.3, -0.25) is 9.78 Å². The predicted molar refractivity (Wildman–Crippen MR) is 99.3 cm³/mol. The molecular formula is C20H15F2N3O3. The van der Waals surface area contributed by atoms with Crippen LogP contribution in [-0.4, -0.2) is 24.1 Å². The predicted octanol–water partition coefficient (Wildman–Crippen LogP) is 4.13. The lowest BCUT2D eigenvalue weighted by Crippen LogP contribution is -2.15. The van der Waals surface area contributed by atoms with Gasteiger partial charge in [0.05, 0.1) is 17.4 Å². The van der Waals surface area contributed by atoms with E-state index in [4.69, 9.17) is 9.47 Å². The third-order valence-corrected chi connectivity index (χ3v) is 4.01. The lowest BCUT2D eigenvalue weighted by molar-refractivity contribution is 0.102. The summed E-state index contributed by atoms with van der Waals surface area (Å²) in [6.45, 7) is 0.996. The van der Waals surface area contributed by atoms with E-state index in [0.717, 1.165) is 17.8 Å². The first kappa shape index (κ1) is 17.7. The molecule has 1 aliphatic heterocycles. The summed E-state index contributed by atoms with van der Waals surface area (Å²) in [5.74, 6) is -1.20. The zero-order valence-electron chi connectivity index (χ0n) is 14.5. The van der Waals surface area contributed by atoms with E-state index in [1.165, 1.54) is 12.3 Å². The minimum absolute atomic E-state index is 0.147. The number of carbonyl (C=O) groups is 1. The first-order valence-corrected chi connectivity index (χ1v) is 8.46. The fraction of sp³-hybridized carbons (Fsp3) is 0.100. The molecule has 0 fully saturated rings. The summed E-state index contributed by atoms with van der Waals surface area (Å²) in [6.07, 6.45) is 2.94. The summed E-state index contributed by atoms with van der Waals surface area (Å²) in [4.78, 5) is 16.4. The Bertz CT molecular complexity index is 1040. The molecule has 142 valence electrons. The summed E-state index contributed by atoms with van der Waals surface area (Å²) in [7, 11) is 0. The standard InChI is InChI=1S/C20H15F2N3O3/c21-16-3-1-13(8-17(16)22)25-20(26)12-7-15(11-23-10-12)24-14-2-4-18-19(9-14)28-6-5-27-18/h1-4,7-11,24H,5-6H2,(H,25,26). The molecule has 8 heteroatoms. The zero-order chi connectivity index (χ0) is 19.5. The molecule has 0 unspecified atom stereocenters. The first-order chi connectivity index (χ1) is 13.6. The molecule has 1 aromatic heterocycles. The zero-order valence-corrected chi connectivity index (χ0v) is 14.5. The fourth-order valence-corrected chi connectivity index (χ4v) is 2.70. The van der Waals surface area contributed by atoms with Gasteiger partial charge in [-0.05, 0) is 30.3 Å². The molecule has 0 spiro atoms. The van der Waals surface area contributed by atoms with Crippen LogP contribution in [-0.2, 0) is 0 Å². The van der Waals surface area contributed by atoms with Crippen molar-refractivity contribution in [1.82, 2.24) is 4.98 Å². The van der Waals surface area contributed by atoms with E-state index >= 15 is 0 Å². The number of hydrogen-bond donors (Lipinski definition) is 2. The molecular weight excluding hydrogens is 368 g/mol. The third-order valence-electron chi connectivity index (χ3n) is 4.01. The summed E-state index contributed by atoms with van der Waals surface area (Å²) >= 11 is 0. The Hall–Kier alpha value is -3.68. The van der Waals surface area contributed by atoms with Crippen molar-refractivity contribution in [2.24, 2.45) is 0 Å². The van der Waals surface area contributed by atoms with Gasteiger partial charge in [0.25, 0.3) is 5.91 Å². The van der Waals surface area contributed by atoms with Gasteiger partial charge in [0.1, 0.15) is 13.2 Å². The number of amides is 1. The molecule has 6 nitrogen and oxygen atoms in total. The van der Waals surface area contributed by atoms with Crippen LogP contribution in [0, 0.1) is 11.6 Å². The highest BCUT2D eigenvalue weighted by Crippen LogP contribution is 2.33. The topological polar surface area (TPSA) is 72.5 Å². The molecule has 0 aliphatic carbocycles. The SMILES string of the molecule is O=C(Nc1ccc(F)c(F)c1)c1cncc(Nc2ccc3c(c2)OCCO3)c1. The van der Waals surface area contributed by atoms with Crippen molar-refractivity contribution in [3.63, 3.8) is 0 Å². The van der Waals surface area contributed by atoms with Crippen LogP contribution >= 0.6 is 0 Å². The van der Waals surface area contributed by atoms with Crippen LogP contribution < -0.4 is 20.1 Å².